The number of likely N-dealkylation sites (tertiary alicyclic amines) is 1. The summed E-state index contributed by atoms with van der Waals surface area (Å²) in [5.74, 6) is 1.32. The van der Waals surface area contributed by atoms with Gasteiger partial charge in [-0.1, -0.05) is 59.9 Å². The highest BCUT2D eigenvalue weighted by Gasteiger charge is 2.36. The number of carbonyl (C=O) groups excluding carboxylic acids is 1. The average molecular weight is 443 g/mol. The number of piperidine rings is 1. The minimum Gasteiger partial charge on any atom is -0.467 e. The normalized spacial score (nSPS) is 16.3. The minimum atomic E-state index is -0.335. The van der Waals surface area contributed by atoms with Crippen LogP contribution in [0.2, 0.25) is 0 Å². The van der Waals surface area contributed by atoms with Gasteiger partial charge in [0, 0.05) is 37.1 Å². The van der Waals surface area contributed by atoms with Crippen LogP contribution in [0.4, 0.5) is 0 Å². The van der Waals surface area contributed by atoms with Gasteiger partial charge in [0.2, 0.25) is 5.91 Å². The van der Waals surface area contributed by atoms with E-state index in [1.54, 1.807) is 11.3 Å². The number of thiazole rings is 1. The van der Waals surface area contributed by atoms with E-state index in [1.807, 2.05) is 71.6 Å². The molecule has 0 radical (unpaired) electrons. The van der Waals surface area contributed by atoms with Gasteiger partial charge in [-0.3, -0.25) is 4.79 Å². The van der Waals surface area contributed by atoms with E-state index < -0.39 is 0 Å². The van der Waals surface area contributed by atoms with E-state index in [0.29, 0.717) is 18.3 Å². The molecule has 0 bridgehead atoms. The maximum Gasteiger partial charge on any atom is 0.274 e. The van der Waals surface area contributed by atoms with Crippen LogP contribution >= 0.6 is 11.3 Å². The van der Waals surface area contributed by atoms with E-state index >= 15 is 0 Å². The third-order valence-corrected chi connectivity index (χ3v) is 7.15. The summed E-state index contributed by atoms with van der Waals surface area (Å²) < 4.78 is 13.4. The number of rotatable bonds is 3. The van der Waals surface area contributed by atoms with E-state index in [0.717, 1.165) is 45.7 Å². The van der Waals surface area contributed by atoms with Gasteiger partial charge in [0.05, 0.1) is 16.1 Å². The van der Waals surface area contributed by atoms with E-state index in [1.165, 1.54) is 0 Å². The van der Waals surface area contributed by atoms with Gasteiger partial charge in [0.25, 0.3) is 5.19 Å². The molecule has 0 unspecified atom stereocenters. The Labute approximate surface area is 190 Å². The number of aromatic nitrogens is 1. The first kappa shape index (κ1) is 19.3. The van der Waals surface area contributed by atoms with Gasteiger partial charge in [-0.05, 0) is 24.3 Å². The van der Waals surface area contributed by atoms with Crippen molar-refractivity contribution in [3.05, 3.63) is 83.9 Å². The zero-order valence-corrected chi connectivity index (χ0v) is 18.3. The number of ether oxygens (including phenoxy) is 2. The van der Waals surface area contributed by atoms with Crippen LogP contribution in [-0.4, -0.2) is 35.0 Å². The summed E-state index contributed by atoms with van der Waals surface area (Å²) in [5.41, 5.74) is 2.84. The van der Waals surface area contributed by atoms with Crippen LogP contribution in [0.1, 0.15) is 29.9 Å². The second-order valence-corrected chi connectivity index (χ2v) is 9.19. The molecule has 1 amide bonds. The molecule has 6 heteroatoms. The Balaban J connectivity index is 1.18. The van der Waals surface area contributed by atoms with Crippen molar-refractivity contribution in [1.82, 2.24) is 9.88 Å². The van der Waals surface area contributed by atoms with Crippen LogP contribution in [0.15, 0.2) is 72.8 Å². The number of hydrogen-bond donors (Lipinski definition) is 0. The summed E-state index contributed by atoms with van der Waals surface area (Å²) >= 11 is 1.58. The van der Waals surface area contributed by atoms with E-state index in [9.17, 15) is 4.79 Å². The van der Waals surface area contributed by atoms with Crippen molar-refractivity contribution in [2.45, 2.75) is 24.9 Å². The number of nitrogens with zero attached hydrogens (tertiary/aromatic N) is 2. The molecule has 0 saturated carbocycles. The van der Waals surface area contributed by atoms with E-state index in [4.69, 9.17) is 9.47 Å². The SMILES string of the molecule is O=C(C1c2ccccc2Oc2ccccc21)N1CCC(Oc2nc3ccccc3s2)CC1. The molecule has 2 aliphatic rings. The Kier molecular flexibility index (Phi) is 4.80. The molecule has 1 aromatic heterocycles. The lowest BCUT2D eigenvalue weighted by Gasteiger charge is -2.36. The number of benzene rings is 3. The molecule has 0 atom stereocenters. The summed E-state index contributed by atoms with van der Waals surface area (Å²) in [7, 11) is 0. The molecule has 32 heavy (non-hydrogen) atoms. The van der Waals surface area contributed by atoms with Crippen molar-refractivity contribution < 1.29 is 14.3 Å². The molecular formula is C26H22N2O3S. The fraction of sp³-hybridized carbons (Fsp3) is 0.231. The quantitative estimate of drug-likeness (QED) is 0.414. The van der Waals surface area contributed by atoms with Crippen molar-refractivity contribution in [2.75, 3.05) is 13.1 Å². The lowest BCUT2D eigenvalue weighted by Crippen LogP contribution is -2.44. The molecule has 3 heterocycles. The smallest absolute Gasteiger partial charge is 0.274 e. The molecule has 0 aliphatic carbocycles. The highest BCUT2D eigenvalue weighted by atomic mass is 32.1. The van der Waals surface area contributed by atoms with Gasteiger partial charge in [0.1, 0.15) is 17.6 Å². The van der Waals surface area contributed by atoms with Crippen LogP contribution in [-0.2, 0) is 4.79 Å². The zero-order chi connectivity index (χ0) is 21.5. The standard InChI is InChI=1S/C26H22N2O3S/c29-25(24-18-7-1-4-10-21(18)31-22-11-5-2-8-19(22)24)28-15-13-17(14-16-28)30-26-27-20-9-3-6-12-23(20)32-26/h1-12,17,24H,13-16H2. The van der Waals surface area contributed by atoms with Gasteiger partial charge in [-0.25, -0.2) is 4.98 Å². The first-order chi connectivity index (χ1) is 15.8. The second-order valence-electron chi connectivity index (χ2n) is 8.20. The molecule has 3 aromatic carbocycles. The summed E-state index contributed by atoms with van der Waals surface area (Å²) in [6.45, 7) is 1.35. The van der Waals surface area contributed by atoms with Gasteiger partial charge in [-0.2, -0.15) is 0 Å². The summed E-state index contributed by atoms with van der Waals surface area (Å²) in [4.78, 5) is 20.2. The van der Waals surface area contributed by atoms with Gasteiger partial charge < -0.3 is 14.4 Å². The fourth-order valence-corrected chi connectivity index (χ4v) is 5.48. The lowest BCUT2D eigenvalue weighted by atomic mass is 9.86. The molecule has 5 nitrogen and oxygen atoms in total. The topological polar surface area (TPSA) is 51.7 Å². The Morgan fingerprint density at radius 3 is 2.22 bits per heavy atom. The molecule has 1 saturated heterocycles. The van der Waals surface area contributed by atoms with Crippen molar-refractivity contribution in [3.8, 4) is 16.7 Å². The molecule has 0 spiro atoms. The number of para-hydroxylation sites is 3. The average Bonchev–Trinajstić information content (AvgIpc) is 3.25. The summed E-state index contributed by atoms with van der Waals surface area (Å²) in [5, 5.41) is 0.711. The van der Waals surface area contributed by atoms with Gasteiger partial charge in [-0.15, -0.1) is 0 Å². The number of fused-ring (bicyclic) bond motifs is 3. The first-order valence-electron chi connectivity index (χ1n) is 10.9. The zero-order valence-electron chi connectivity index (χ0n) is 17.4. The lowest BCUT2D eigenvalue weighted by molar-refractivity contribution is -0.133. The molecule has 1 fully saturated rings. The Morgan fingerprint density at radius 2 is 1.53 bits per heavy atom. The Morgan fingerprint density at radius 1 is 0.906 bits per heavy atom. The maximum absolute atomic E-state index is 13.7. The third kappa shape index (κ3) is 3.41. The van der Waals surface area contributed by atoms with Crippen LogP contribution in [0.25, 0.3) is 10.2 Å². The number of amides is 1. The molecule has 6 rings (SSSR count). The highest BCUT2D eigenvalue weighted by molar-refractivity contribution is 7.20. The van der Waals surface area contributed by atoms with Crippen molar-refractivity contribution in [3.63, 3.8) is 0 Å². The Bertz CT molecular complexity index is 1210. The maximum atomic E-state index is 13.7. The van der Waals surface area contributed by atoms with Crippen molar-refractivity contribution in [1.29, 1.82) is 0 Å². The van der Waals surface area contributed by atoms with Crippen molar-refractivity contribution in [2.24, 2.45) is 0 Å². The largest absolute Gasteiger partial charge is 0.467 e. The van der Waals surface area contributed by atoms with Crippen molar-refractivity contribution >= 4 is 27.5 Å². The number of hydrogen-bond acceptors (Lipinski definition) is 5. The van der Waals surface area contributed by atoms with E-state index in [2.05, 4.69) is 11.1 Å². The predicted molar refractivity (Wildman–Crippen MR) is 125 cm³/mol. The van der Waals surface area contributed by atoms with Crippen LogP contribution in [0.3, 0.4) is 0 Å². The Hall–Kier alpha value is -3.38. The molecule has 4 aromatic rings. The molecular weight excluding hydrogens is 420 g/mol. The monoisotopic (exact) mass is 442 g/mol. The van der Waals surface area contributed by atoms with Gasteiger partial charge >= 0.3 is 0 Å². The second kappa shape index (κ2) is 7.95. The predicted octanol–water partition coefficient (Wildman–Crippen LogP) is 5.60. The number of carbonyl (C=O) groups is 1. The molecule has 160 valence electrons. The molecule has 0 N–H and O–H groups in total. The van der Waals surface area contributed by atoms with Crippen LogP contribution < -0.4 is 9.47 Å². The summed E-state index contributed by atoms with van der Waals surface area (Å²) in [6.07, 6.45) is 1.68. The summed E-state index contributed by atoms with van der Waals surface area (Å²) in [6, 6.07) is 23.7. The molecule has 2 aliphatic heterocycles. The van der Waals surface area contributed by atoms with Gasteiger partial charge in [0.15, 0.2) is 0 Å². The van der Waals surface area contributed by atoms with Crippen LogP contribution in [0, 0.1) is 0 Å². The van der Waals surface area contributed by atoms with Crippen LogP contribution in [0.5, 0.6) is 16.7 Å². The minimum absolute atomic E-state index is 0.0777. The first-order valence-corrected chi connectivity index (χ1v) is 11.7. The highest BCUT2D eigenvalue weighted by Crippen LogP contribution is 2.45. The third-order valence-electron chi connectivity index (χ3n) is 6.22. The fourth-order valence-electron chi connectivity index (χ4n) is 4.60. The van der Waals surface area contributed by atoms with E-state index in [-0.39, 0.29) is 17.9 Å².